The van der Waals surface area contributed by atoms with Crippen LogP contribution in [0, 0.1) is 11.8 Å². The Morgan fingerprint density at radius 2 is 1.58 bits per heavy atom. The van der Waals surface area contributed by atoms with E-state index in [2.05, 4.69) is 48.1 Å². The third-order valence-corrected chi connectivity index (χ3v) is 13.8. The minimum atomic E-state index is -2.33. The number of benzene rings is 1. The molecule has 0 bridgehead atoms. The fourth-order valence-electron chi connectivity index (χ4n) is 5.42. The molecule has 0 saturated carbocycles. The van der Waals surface area contributed by atoms with Gasteiger partial charge in [-0.15, -0.1) is 0 Å². The average molecular weight is 549 g/mol. The van der Waals surface area contributed by atoms with Crippen LogP contribution >= 0.6 is 0 Å². The number of rotatable bonds is 17. The van der Waals surface area contributed by atoms with Crippen molar-refractivity contribution in [2.24, 2.45) is 11.8 Å². The summed E-state index contributed by atoms with van der Waals surface area (Å²) in [5.41, 5.74) is -0.0444. The van der Waals surface area contributed by atoms with Crippen molar-refractivity contribution < 1.29 is 28.9 Å². The van der Waals surface area contributed by atoms with Crippen molar-refractivity contribution in [1.29, 1.82) is 0 Å². The van der Waals surface area contributed by atoms with E-state index in [4.69, 9.17) is 13.9 Å². The molecule has 7 heteroatoms. The first-order valence-corrected chi connectivity index (χ1v) is 16.0. The van der Waals surface area contributed by atoms with E-state index in [-0.39, 0.29) is 12.5 Å². The molecule has 0 aliphatic carbocycles. The first-order chi connectivity index (χ1) is 17.8. The molecule has 0 radical (unpaired) electrons. The van der Waals surface area contributed by atoms with Crippen LogP contribution < -0.4 is 0 Å². The second-order valence-corrected chi connectivity index (χ2v) is 16.9. The van der Waals surface area contributed by atoms with Crippen molar-refractivity contribution in [3.05, 3.63) is 60.7 Å². The quantitative estimate of drug-likeness (QED) is 0.132. The monoisotopic (exact) mass is 548 g/mol. The molecule has 0 fully saturated rings. The molecule has 0 aromatic heterocycles. The standard InChI is InChI=1S/C31H52O6Si/c1-11-16-28(26(10)29(32)25(9)19-35-20-27-17-14-13-15-18-27)37-30(33)31(34,12-2)21-36-38(22(3)4,23(5)6)24(7)8/h11-18,22-26,28-29,32,34H,2,19-21H2,1,3-10H3/b16-11+/t25-,26+,28-,29-,31-/m1/s1. The summed E-state index contributed by atoms with van der Waals surface area (Å²) in [4.78, 5) is 13.3. The summed E-state index contributed by atoms with van der Waals surface area (Å²) in [6.07, 6.45) is 3.16. The molecule has 38 heavy (non-hydrogen) atoms. The number of carbonyl (C=O) groups is 1. The average Bonchev–Trinajstić information content (AvgIpc) is 2.87. The van der Waals surface area contributed by atoms with Crippen LogP contribution in [0.25, 0.3) is 0 Å². The molecule has 0 amide bonds. The maximum Gasteiger partial charge on any atom is 0.345 e. The van der Waals surface area contributed by atoms with Crippen LogP contribution in [0.2, 0.25) is 16.6 Å². The summed E-state index contributed by atoms with van der Waals surface area (Å²) >= 11 is 0. The fourth-order valence-corrected chi connectivity index (χ4v) is 10.9. The molecule has 0 unspecified atom stereocenters. The van der Waals surface area contributed by atoms with Gasteiger partial charge in [0.05, 0.1) is 25.9 Å². The predicted octanol–water partition coefficient (Wildman–Crippen LogP) is 6.43. The lowest BCUT2D eigenvalue weighted by atomic mass is 9.89. The molecule has 0 aliphatic rings. The Balaban J connectivity index is 2.92. The van der Waals surface area contributed by atoms with E-state index in [9.17, 15) is 15.0 Å². The number of carbonyl (C=O) groups excluding carboxylic acids is 1. The van der Waals surface area contributed by atoms with Gasteiger partial charge in [0.2, 0.25) is 13.9 Å². The smallest absolute Gasteiger partial charge is 0.345 e. The van der Waals surface area contributed by atoms with Crippen molar-refractivity contribution in [2.45, 2.75) is 103 Å². The Hall–Kier alpha value is -1.77. The molecule has 6 nitrogen and oxygen atoms in total. The minimum Gasteiger partial charge on any atom is -0.455 e. The Kier molecular flexibility index (Phi) is 14.2. The molecule has 0 heterocycles. The first kappa shape index (κ1) is 34.3. The fraction of sp³-hybridized carbons (Fsp3) is 0.645. The summed E-state index contributed by atoms with van der Waals surface area (Å²) in [7, 11) is -2.33. The Labute approximate surface area is 232 Å². The summed E-state index contributed by atoms with van der Waals surface area (Å²) in [6, 6.07) is 9.86. The Morgan fingerprint density at radius 3 is 2.05 bits per heavy atom. The van der Waals surface area contributed by atoms with Gasteiger partial charge < -0.3 is 24.1 Å². The summed E-state index contributed by atoms with van der Waals surface area (Å²) in [5.74, 6) is -1.46. The minimum absolute atomic E-state index is 0.198. The van der Waals surface area contributed by atoms with Crippen LogP contribution in [0.4, 0.5) is 0 Å². The highest BCUT2D eigenvalue weighted by atomic mass is 28.4. The second kappa shape index (κ2) is 15.7. The predicted molar refractivity (Wildman–Crippen MR) is 157 cm³/mol. The van der Waals surface area contributed by atoms with Crippen molar-refractivity contribution >= 4 is 14.3 Å². The van der Waals surface area contributed by atoms with Crippen molar-refractivity contribution in [2.75, 3.05) is 13.2 Å². The van der Waals surface area contributed by atoms with Gasteiger partial charge in [0, 0.05) is 11.8 Å². The van der Waals surface area contributed by atoms with E-state index in [1.54, 1.807) is 12.2 Å². The maximum absolute atomic E-state index is 13.3. The zero-order valence-corrected chi connectivity index (χ0v) is 26.0. The van der Waals surface area contributed by atoms with Gasteiger partial charge >= 0.3 is 5.97 Å². The molecule has 0 saturated heterocycles. The first-order valence-electron chi connectivity index (χ1n) is 13.9. The number of hydrogen-bond acceptors (Lipinski definition) is 6. The molecule has 1 aromatic carbocycles. The lowest BCUT2D eigenvalue weighted by Gasteiger charge is -2.43. The largest absolute Gasteiger partial charge is 0.455 e. The maximum atomic E-state index is 13.3. The van der Waals surface area contributed by atoms with Crippen molar-refractivity contribution in [3.63, 3.8) is 0 Å². The van der Waals surface area contributed by atoms with Crippen LogP contribution in [0.15, 0.2) is 55.1 Å². The van der Waals surface area contributed by atoms with Gasteiger partial charge in [0.25, 0.3) is 0 Å². The van der Waals surface area contributed by atoms with E-state index in [1.165, 1.54) is 6.08 Å². The van der Waals surface area contributed by atoms with E-state index < -0.39 is 38.0 Å². The Morgan fingerprint density at radius 1 is 1.03 bits per heavy atom. The second-order valence-electron chi connectivity index (χ2n) is 11.5. The van der Waals surface area contributed by atoms with E-state index in [0.717, 1.165) is 5.56 Å². The van der Waals surface area contributed by atoms with Gasteiger partial charge in [0.15, 0.2) is 0 Å². The van der Waals surface area contributed by atoms with Crippen LogP contribution in [0.1, 0.15) is 67.9 Å². The normalized spacial score (nSPS) is 17.4. The topological polar surface area (TPSA) is 85.2 Å². The molecule has 216 valence electrons. The highest BCUT2D eigenvalue weighted by Crippen LogP contribution is 2.42. The van der Waals surface area contributed by atoms with Gasteiger partial charge in [-0.1, -0.05) is 98.4 Å². The molecule has 1 aromatic rings. The third-order valence-electron chi connectivity index (χ3n) is 7.70. The number of aliphatic hydroxyl groups is 2. The lowest BCUT2D eigenvalue weighted by molar-refractivity contribution is -0.171. The summed E-state index contributed by atoms with van der Waals surface area (Å²) < 4.78 is 18.1. The summed E-state index contributed by atoms with van der Waals surface area (Å²) in [6.45, 7) is 22.7. The molecular formula is C31H52O6Si. The molecule has 0 spiro atoms. The molecule has 5 atom stereocenters. The van der Waals surface area contributed by atoms with Gasteiger partial charge in [-0.05, 0) is 41.3 Å². The lowest BCUT2D eigenvalue weighted by Crippen LogP contribution is -2.53. The highest BCUT2D eigenvalue weighted by molar-refractivity contribution is 6.77. The summed E-state index contributed by atoms with van der Waals surface area (Å²) in [5, 5.41) is 22.3. The number of allylic oxidation sites excluding steroid dienone is 1. The van der Waals surface area contributed by atoms with Crippen molar-refractivity contribution in [3.8, 4) is 0 Å². The Bertz CT molecular complexity index is 847. The van der Waals surface area contributed by atoms with Crippen LogP contribution in [-0.4, -0.2) is 55.5 Å². The molecule has 0 aliphatic heterocycles. The zero-order valence-electron chi connectivity index (χ0n) is 25.0. The molecule has 1 rings (SSSR count). The van der Waals surface area contributed by atoms with E-state index >= 15 is 0 Å². The number of esters is 1. The van der Waals surface area contributed by atoms with E-state index in [1.807, 2.05) is 51.1 Å². The molecular weight excluding hydrogens is 496 g/mol. The van der Waals surface area contributed by atoms with Crippen LogP contribution in [0.3, 0.4) is 0 Å². The SMILES string of the molecule is C=C[C@@](O)(CO[Si](C(C)C)(C(C)C)C(C)C)C(=O)O[C@H](/C=C/C)[C@H](C)[C@H](O)[C@H](C)COCc1ccccc1. The van der Waals surface area contributed by atoms with Gasteiger partial charge in [-0.3, -0.25) is 0 Å². The van der Waals surface area contributed by atoms with Crippen LogP contribution in [-0.2, 0) is 25.3 Å². The van der Waals surface area contributed by atoms with E-state index in [0.29, 0.717) is 29.8 Å². The van der Waals surface area contributed by atoms with Gasteiger partial charge in [-0.25, -0.2) is 4.79 Å². The molecule has 2 N–H and O–H groups in total. The highest BCUT2D eigenvalue weighted by Gasteiger charge is 2.48. The third kappa shape index (κ3) is 8.88. The number of ether oxygens (including phenoxy) is 2. The zero-order chi connectivity index (χ0) is 29.1. The van der Waals surface area contributed by atoms with Gasteiger partial charge in [-0.2, -0.15) is 0 Å². The van der Waals surface area contributed by atoms with Crippen LogP contribution in [0.5, 0.6) is 0 Å². The number of hydrogen-bond donors (Lipinski definition) is 2. The van der Waals surface area contributed by atoms with Gasteiger partial charge in [0.1, 0.15) is 6.10 Å². The van der Waals surface area contributed by atoms with Crippen molar-refractivity contribution in [1.82, 2.24) is 0 Å². The number of aliphatic hydroxyl groups excluding tert-OH is 1.